The van der Waals surface area contributed by atoms with Crippen LogP contribution in [0, 0.1) is 0 Å². The first kappa shape index (κ1) is 14.5. The van der Waals surface area contributed by atoms with Gasteiger partial charge < -0.3 is 5.73 Å². The largest absolute Gasteiger partial charge is 0.330 e. The smallest absolute Gasteiger partial charge is 0.297 e. The van der Waals surface area contributed by atoms with Crippen LogP contribution in [0.4, 0.5) is 4.79 Å². The van der Waals surface area contributed by atoms with Gasteiger partial charge in [0.25, 0.3) is 17.1 Å². The molecule has 0 radical (unpaired) electrons. The Balaban J connectivity index is 2.25. The molecule has 1 heterocycles. The van der Waals surface area contributed by atoms with Gasteiger partial charge in [0.05, 0.1) is 11.1 Å². The first-order valence-corrected chi connectivity index (χ1v) is 6.71. The lowest BCUT2D eigenvalue weighted by molar-refractivity contribution is 0.0226. The SMILES string of the molecule is NCCCCN(C(=O)S)N1C(=O)c2ccccc2C1=O. The fourth-order valence-electron chi connectivity index (χ4n) is 2.08. The summed E-state index contributed by atoms with van der Waals surface area (Å²) in [5, 5.41) is 1.27. The van der Waals surface area contributed by atoms with Gasteiger partial charge in [-0.3, -0.25) is 14.4 Å². The molecule has 0 unspecified atom stereocenters. The fraction of sp³-hybridized carbons (Fsp3) is 0.308. The van der Waals surface area contributed by atoms with Crippen LogP contribution in [0.25, 0.3) is 0 Å². The first-order valence-electron chi connectivity index (χ1n) is 6.26. The molecule has 106 valence electrons. The summed E-state index contributed by atoms with van der Waals surface area (Å²) in [6, 6.07) is 6.48. The molecule has 1 aromatic rings. The standard InChI is InChI=1S/C13H15N3O3S/c14-7-3-4-8-15(13(19)20)16-11(17)9-5-1-2-6-10(9)12(16)18/h1-2,5-6H,3-4,7-8,14H2,(H,19,20). The van der Waals surface area contributed by atoms with Crippen molar-refractivity contribution in [2.75, 3.05) is 13.1 Å². The summed E-state index contributed by atoms with van der Waals surface area (Å²) < 4.78 is 0. The Kier molecular flexibility index (Phi) is 4.41. The maximum absolute atomic E-state index is 12.2. The number of hydrogen-bond acceptors (Lipinski definition) is 4. The molecule has 20 heavy (non-hydrogen) atoms. The van der Waals surface area contributed by atoms with Crippen molar-refractivity contribution in [1.82, 2.24) is 10.0 Å². The number of nitrogens with two attached hydrogens (primary N) is 1. The summed E-state index contributed by atoms with van der Waals surface area (Å²) in [6.45, 7) is 0.710. The third-order valence-corrected chi connectivity index (χ3v) is 3.29. The Labute approximate surface area is 121 Å². The molecule has 0 bridgehead atoms. The van der Waals surface area contributed by atoms with E-state index in [0.717, 1.165) is 10.0 Å². The van der Waals surface area contributed by atoms with E-state index in [-0.39, 0.29) is 6.54 Å². The molecule has 0 aromatic heterocycles. The van der Waals surface area contributed by atoms with Gasteiger partial charge in [-0.2, -0.15) is 5.01 Å². The number of benzene rings is 1. The van der Waals surface area contributed by atoms with Crippen molar-refractivity contribution >= 4 is 29.7 Å². The highest BCUT2D eigenvalue weighted by Crippen LogP contribution is 2.24. The molecule has 0 spiro atoms. The summed E-state index contributed by atoms with van der Waals surface area (Å²) >= 11 is 3.74. The van der Waals surface area contributed by atoms with Gasteiger partial charge in [-0.05, 0) is 31.5 Å². The molecule has 0 fully saturated rings. The van der Waals surface area contributed by atoms with Gasteiger partial charge in [0.2, 0.25) is 0 Å². The monoisotopic (exact) mass is 293 g/mol. The Morgan fingerprint density at radius 2 is 1.70 bits per heavy atom. The topological polar surface area (TPSA) is 83.7 Å². The molecule has 0 atom stereocenters. The number of unbranched alkanes of at least 4 members (excludes halogenated alkanes) is 1. The molecule has 0 saturated heterocycles. The van der Waals surface area contributed by atoms with Crippen LogP contribution in [0.15, 0.2) is 24.3 Å². The maximum Gasteiger partial charge on any atom is 0.297 e. The molecule has 3 amide bonds. The number of hydrogen-bond donors (Lipinski definition) is 2. The van der Waals surface area contributed by atoms with Crippen LogP contribution in [-0.2, 0) is 0 Å². The zero-order valence-corrected chi connectivity index (χ0v) is 11.7. The highest BCUT2D eigenvalue weighted by molar-refractivity contribution is 7.96. The lowest BCUT2D eigenvalue weighted by atomic mass is 10.1. The van der Waals surface area contributed by atoms with E-state index in [1.54, 1.807) is 24.3 Å². The second kappa shape index (κ2) is 6.06. The van der Waals surface area contributed by atoms with Gasteiger partial charge in [0.15, 0.2) is 0 Å². The Hall–Kier alpha value is -1.86. The van der Waals surface area contributed by atoms with E-state index in [1.807, 2.05) is 0 Å². The number of carbonyl (C=O) groups excluding carboxylic acids is 3. The van der Waals surface area contributed by atoms with Gasteiger partial charge in [-0.1, -0.05) is 24.8 Å². The zero-order valence-electron chi connectivity index (χ0n) is 10.8. The summed E-state index contributed by atoms with van der Waals surface area (Å²) in [5.74, 6) is -0.999. The van der Waals surface area contributed by atoms with Crippen LogP contribution in [0.5, 0.6) is 0 Å². The van der Waals surface area contributed by atoms with E-state index in [0.29, 0.717) is 30.5 Å². The van der Waals surface area contributed by atoms with Crippen molar-refractivity contribution in [3.8, 4) is 0 Å². The van der Waals surface area contributed by atoms with Gasteiger partial charge >= 0.3 is 0 Å². The van der Waals surface area contributed by atoms with E-state index in [9.17, 15) is 14.4 Å². The van der Waals surface area contributed by atoms with E-state index < -0.39 is 17.1 Å². The molecule has 2 N–H and O–H groups in total. The first-order chi connectivity index (χ1) is 9.57. The number of amides is 3. The Bertz CT molecular complexity index is 527. The van der Waals surface area contributed by atoms with E-state index >= 15 is 0 Å². The van der Waals surface area contributed by atoms with Crippen molar-refractivity contribution < 1.29 is 14.4 Å². The number of fused-ring (bicyclic) bond motifs is 1. The quantitative estimate of drug-likeness (QED) is 0.487. The van der Waals surface area contributed by atoms with Crippen molar-refractivity contribution in [3.63, 3.8) is 0 Å². The molecule has 0 saturated carbocycles. The summed E-state index contributed by atoms with van der Waals surface area (Å²) in [5.41, 5.74) is 6.00. The highest BCUT2D eigenvalue weighted by atomic mass is 32.1. The minimum absolute atomic E-state index is 0.227. The minimum atomic E-state index is -0.642. The summed E-state index contributed by atoms with van der Waals surface area (Å²) in [7, 11) is 0. The third-order valence-electron chi connectivity index (χ3n) is 3.06. The molecule has 0 aliphatic carbocycles. The number of thiol groups is 1. The molecule has 1 aromatic carbocycles. The van der Waals surface area contributed by atoms with Crippen molar-refractivity contribution in [2.45, 2.75) is 12.8 Å². The van der Waals surface area contributed by atoms with E-state index in [1.165, 1.54) is 0 Å². The van der Waals surface area contributed by atoms with Crippen LogP contribution in [0.1, 0.15) is 33.6 Å². The van der Waals surface area contributed by atoms with Crippen molar-refractivity contribution in [3.05, 3.63) is 35.4 Å². The lowest BCUT2D eigenvalue weighted by Gasteiger charge is -2.28. The molecular weight excluding hydrogens is 278 g/mol. The summed E-state index contributed by atoms with van der Waals surface area (Å²) in [4.78, 5) is 36.1. The predicted molar refractivity (Wildman–Crippen MR) is 76.3 cm³/mol. The molecule has 6 nitrogen and oxygen atoms in total. The van der Waals surface area contributed by atoms with E-state index in [4.69, 9.17) is 5.73 Å². The average Bonchev–Trinajstić information content (AvgIpc) is 2.68. The Morgan fingerprint density at radius 3 is 2.15 bits per heavy atom. The minimum Gasteiger partial charge on any atom is -0.330 e. The summed E-state index contributed by atoms with van der Waals surface area (Å²) in [6.07, 6.45) is 1.29. The number of carbonyl (C=O) groups is 3. The van der Waals surface area contributed by atoms with Gasteiger partial charge in [0, 0.05) is 6.54 Å². The van der Waals surface area contributed by atoms with Gasteiger partial charge in [-0.25, -0.2) is 5.01 Å². The maximum atomic E-state index is 12.2. The molecular formula is C13H15N3O3S. The van der Waals surface area contributed by atoms with Crippen LogP contribution < -0.4 is 5.73 Å². The predicted octanol–water partition coefficient (Wildman–Crippen LogP) is 1.29. The van der Waals surface area contributed by atoms with Crippen LogP contribution in [-0.4, -0.2) is 40.2 Å². The number of nitrogens with zero attached hydrogens (tertiary/aromatic N) is 2. The number of rotatable bonds is 5. The zero-order chi connectivity index (χ0) is 14.7. The van der Waals surface area contributed by atoms with Crippen LogP contribution in [0.2, 0.25) is 0 Å². The van der Waals surface area contributed by atoms with E-state index in [2.05, 4.69) is 12.6 Å². The second-order valence-electron chi connectivity index (χ2n) is 4.37. The van der Waals surface area contributed by atoms with Crippen molar-refractivity contribution in [2.24, 2.45) is 5.73 Å². The Morgan fingerprint density at radius 1 is 1.15 bits per heavy atom. The third kappa shape index (κ3) is 2.54. The average molecular weight is 293 g/mol. The van der Waals surface area contributed by atoms with Crippen molar-refractivity contribution in [1.29, 1.82) is 0 Å². The molecule has 1 aliphatic heterocycles. The lowest BCUT2D eigenvalue weighted by Crippen LogP contribution is -2.48. The van der Waals surface area contributed by atoms with Crippen LogP contribution in [0.3, 0.4) is 0 Å². The highest BCUT2D eigenvalue weighted by Gasteiger charge is 2.40. The van der Waals surface area contributed by atoms with Gasteiger partial charge in [-0.15, -0.1) is 0 Å². The molecule has 1 aliphatic rings. The fourth-order valence-corrected chi connectivity index (χ4v) is 2.27. The number of hydrazine groups is 1. The second-order valence-corrected chi connectivity index (χ2v) is 4.75. The molecule has 7 heteroatoms. The normalized spacial score (nSPS) is 13.6. The molecule has 2 rings (SSSR count). The van der Waals surface area contributed by atoms with Crippen LogP contribution >= 0.6 is 12.6 Å². The van der Waals surface area contributed by atoms with Gasteiger partial charge in [0.1, 0.15) is 0 Å². The number of imide groups is 1.